The Kier molecular flexibility index (Phi) is 5.23. The molecule has 0 saturated heterocycles. The zero-order valence-corrected chi connectivity index (χ0v) is 12.7. The predicted molar refractivity (Wildman–Crippen MR) is 83.9 cm³/mol. The van der Waals surface area contributed by atoms with E-state index in [-0.39, 0.29) is 6.10 Å². The summed E-state index contributed by atoms with van der Waals surface area (Å²) in [7, 11) is 1.64. The Morgan fingerprint density at radius 2 is 1.71 bits per heavy atom. The molecule has 3 heteroatoms. The van der Waals surface area contributed by atoms with E-state index in [0.717, 1.165) is 22.6 Å². The molecule has 0 radical (unpaired) electrons. The monoisotopic (exact) mass is 286 g/mol. The van der Waals surface area contributed by atoms with E-state index in [1.54, 1.807) is 7.11 Å². The highest BCUT2D eigenvalue weighted by Crippen LogP contribution is 2.24. The minimum Gasteiger partial charge on any atom is -0.497 e. The minimum atomic E-state index is -0.547. The first-order chi connectivity index (χ1) is 10.1. The van der Waals surface area contributed by atoms with Crippen LogP contribution in [0.25, 0.3) is 0 Å². The molecule has 1 N–H and O–H groups in total. The van der Waals surface area contributed by atoms with Gasteiger partial charge in [0.2, 0.25) is 0 Å². The molecule has 0 heterocycles. The number of rotatable bonds is 6. The Bertz CT molecular complexity index is 561. The van der Waals surface area contributed by atoms with Gasteiger partial charge in [0.05, 0.1) is 19.3 Å². The molecule has 2 aromatic carbocycles. The molecule has 0 bridgehead atoms. The van der Waals surface area contributed by atoms with Crippen LogP contribution in [0.4, 0.5) is 0 Å². The third-order valence-electron chi connectivity index (χ3n) is 3.20. The van der Waals surface area contributed by atoms with Crippen molar-refractivity contribution in [3.8, 4) is 11.5 Å². The van der Waals surface area contributed by atoms with Crippen molar-refractivity contribution in [2.75, 3.05) is 7.11 Å². The topological polar surface area (TPSA) is 38.7 Å². The summed E-state index contributed by atoms with van der Waals surface area (Å²) in [6.07, 6.45) is 0.142. The summed E-state index contributed by atoms with van der Waals surface area (Å²) >= 11 is 0. The number of aliphatic hydroxyl groups excluding tert-OH is 1. The lowest BCUT2D eigenvalue weighted by Crippen LogP contribution is -2.07. The van der Waals surface area contributed by atoms with E-state index in [1.807, 2.05) is 62.4 Å². The summed E-state index contributed by atoms with van der Waals surface area (Å²) in [5, 5.41) is 10.4. The third kappa shape index (κ3) is 4.50. The lowest BCUT2D eigenvalue weighted by atomic mass is 10.0. The van der Waals surface area contributed by atoms with Gasteiger partial charge in [0.1, 0.15) is 11.5 Å². The Labute approximate surface area is 126 Å². The van der Waals surface area contributed by atoms with Crippen molar-refractivity contribution < 1.29 is 14.6 Å². The Hall–Kier alpha value is -2.00. The summed E-state index contributed by atoms with van der Waals surface area (Å²) in [4.78, 5) is 0. The number of benzene rings is 2. The molecule has 0 saturated carbocycles. The van der Waals surface area contributed by atoms with Gasteiger partial charge in [-0.05, 0) is 49.2 Å². The van der Waals surface area contributed by atoms with E-state index in [1.165, 1.54) is 0 Å². The van der Waals surface area contributed by atoms with Crippen LogP contribution < -0.4 is 9.47 Å². The molecule has 21 heavy (non-hydrogen) atoms. The molecule has 1 atom stereocenters. The highest BCUT2D eigenvalue weighted by molar-refractivity contribution is 5.32. The van der Waals surface area contributed by atoms with Crippen LogP contribution in [0.3, 0.4) is 0 Å². The van der Waals surface area contributed by atoms with Gasteiger partial charge < -0.3 is 14.6 Å². The maximum Gasteiger partial charge on any atom is 0.120 e. The van der Waals surface area contributed by atoms with E-state index in [4.69, 9.17) is 9.47 Å². The molecule has 0 aliphatic heterocycles. The van der Waals surface area contributed by atoms with Gasteiger partial charge in [0, 0.05) is 6.42 Å². The SMILES string of the molecule is COc1ccc(CC(O)c2cccc(OC(C)C)c2)cc1. The van der Waals surface area contributed by atoms with Gasteiger partial charge in [-0.2, -0.15) is 0 Å². The first-order valence-electron chi connectivity index (χ1n) is 7.16. The van der Waals surface area contributed by atoms with Crippen LogP contribution in [0.5, 0.6) is 11.5 Å². The van der Waals surface area contributed by atoms with Gasteiger partial charge in [-0.3, -0.25) is 0 Å². The zero-order chi connectivity index (χ0) is 15.2. The molecule has 0 amide bonds. The third-order valence-corrected chi connectivity index (χ3v) is 3.20. The fraction of sp³-hybridized carbons (Fsp3) is 0.333. The molecule has 2 aromatic rings. The molecule has 112 valence electrons. The van der Waals surface area contributed by atoms with Gasteiger partial charge in [-0.15, -0.1) is 0 Å². The second-order valence-corrected chi connectivity index (χ2v) is 5.31. The largest absolute Gasteiger partial charge is 0.497 e. The maximum atomic E-state index is 10.4. The van der Waals surface area contributed by atoms with Crippen LogP contribution in [-0.2, 0) is 6.42 Å². The number of hydrogen-bond donors (Lipinski definition) is 1. The van der Waals surface area contributed by atoms with Gasteiger partial charge in [-0.25, -0.2) is 0 Å². The van der Waals surface area contributed by atoms with E-state index in [9.17, 15) is 5.11 Å². The minimum absolute atomic E-state index is 0.124. The van der Waals surface area contributed by atoms with Crippen molar-refractivity contribution in [3.05, 3.63) is 59.7 Å². The Morgan fingerprint density at radius 3 is 2.33 bits per heavy atom. The first kappa shape index (κ1) is 15.4. The van der Waals surface area contributed by atoms with Crippen LogP contribution >= 0.6 is 0 Å². The van der Waals surface area contributed by atoms with Crippen LogP contribution in [0.2, 0.25) is 0 Å². The number of ether oxygens (including phenoxy) is 2. The highest BCUT2D eigenvalue weighted by Gasteiger charge is 2.10. The molecule has 3 nitrogen and oxygen atoms in total. The normalized spacial score (nSPS) is 12.2. The molecule has 0 aromatic heterocycles. The zero-order valence-electron chi connectivity index (χ0n) is 12.7. The molecular formula is C18H22O3. The van der Waals surface area contributed by atoms with Crippen LogP contribution in [0.15, 0.2) is 48.5 Å². The van der Waals surface area contributed by atoms with Crippen LogP contribution in [0, 0.1) is 0 Å². The number of hydrogen-bond acceptors (Lipinski definition) is 3. The fourth-order valence-corrected chi connectivity index (χ4v) is 2.17. The molecule has 0 fully saturated rings. The average Bonchev–Trinajstić information content (AvgIpc) is 2.47. The molecule has 0 aliphatic rings. The molecule has 1 unspecified atom stereocenters. The van der Waals surface area contributed by atoms with E-state index in [2.05, 4.69) is 0 Å². The van der Waals surface area contributed by atoms with Crippen LogP contribution in [-0.4, -0.2) is 18.3 Å². The van der Waals surface area contributed by atoms with Crippen molar-refractivity contribution in [3.63, 3.8) is 0 Å². The Balaban J connectivity index is 2.06. The van der Waals surface area contributed by atoms with Gasteiger partial charge in [0.15, 0.2) is 0 Å². The van der Waals surface area contributed by atoms with E-state index < -0.39 is 6.10 Å². The number of methoxy groups -OCH3 is 1. The van der Waals surface area contributed by atoms with Crippen molar-refractivity contribution >= 4 is 0 Å². The fourth-order valence-electron chi connectivity index (χ4n) is 2.17. The summed E-state index contributed by atoms with van der Waals surface area (Å²) < 4.78 is 10.8. The average molecular weight is 286 g/mol. The Morgan fingerprint density at radius 1 is 1.00 bits per heavy atom. The summed E-state index contributed by atoms with van der Waals surface area (Å²) in [6.45, 7) is 3.97. The smallest absolute Gasteiger partial charge is 0.120 e. The van der Waals surface area contributed by atoms with Gasteiger partial charge >= 0.3 is 0 Å². The highest BCUT2D eigenvalue weighted by atomic mass is 16.5. The molecule has 2 rings (SSSR count). The predicted octanol–water partition coefficient (Wildman–Crippen LogP) is 3.76. The summed E-state index contributed by atoms with van der Waals surface area (Å²) in [6, 6.07) is 15.4. The molecule has 0 aliphatic carbocycles. The van der Waals surface area contributed by atoms with Crippen LogP contribution in [0.1, 0.15) is 31.1 Å². The van der Waals surface area contributed by atoms with Crippen molar-refractivity contribution in [2.45, 2.75) is 32.5 Å². The van der Waals surface area contributed by atoms with Gasteiger partial charge in [0.25, 0.3) is 0 Å². The molecular weight excluding hydrogens is 264 g/mol. The summed E-state index contributed by atoms with van der Waals surface area (Å²) in [5.74, 6) is 1.61. The lowest BCUT2D eigenvalue weighted by molar-refractivity contribution is 0.177. The van der Waals surface area contributed by atoms with E-state index >= 15 is 0 Å². The van der Waals surface area contributed by atoms with Gasteiger partial charge in [-0.1, -0.05) is 24.3 Å². The number of aliphatic hydroxyl groups is 1. The van der Waals surface area contributed by atoms with Crippen molar-refractivity contribution in [1.29, 1.82) is 0 Å². The second kappa shape index (κ2) is 7.14. The lowest BCUT2D eigenvalue weighted by Gasteiger charge is -2.14. The second-order valence-electron chi connectivity index (χ2n) is 5.31. The standard InChI is InChI=1S/C18H22O3/c1-13(2)21-17-6-4-5-15(12-17)18(19)11-14-7-9-16(20-3)10-8-14/h4-10,12-13,18-19H,11H2,1-3H3. The maximum absolute atomic E-state index is 10.4. The van der Waals surface area contributed by atoms with Crippen molar-refractivity contribution in [2.24, 2.45) is 0 Å². The quantitative estimate of drug-likeness (QED) is 0.878. The summed E-state index contributed by atoms with van der Waals surface area (Å²) in [5.41, 5.74) is 1.93. The van der Waals surface area contributed by atoms with E-state index in [0.29, 0.717) is 6.42 Å². The first-order valence-corrected chi connectivity index (χ1v) is 7.16. The van der Waals surface area contributed by atoms with Crippen molar-refractivity contribution in [1.82, 2.24) is 0 Å². The molecule has 0 spiro atoms.